The molecular weight excluding hydrogens is 202 g/mol. The van der Waals surface area contributed by atoms with Crippen LogP contribution in [0.5, 0.6) is 0 Å². The number of hydrogen-bond donors (Lipinski definition) is 1. The van der Waals surface area contributed by atoms with Crippen molar-refractivity contribution in [2.24, 2.45) is 0 Å². The SMILES string of the molecule is COC(=O)c1c(Cl)ccc2[nH]ccc12. The Balaban J connectivity index is 2.76. The highest BCUT2D eigenvalue weighted by Crippen LogP contribution is 2.25. The minimum absolute atomic E-state index is 0.406. The lowest BCUT2D eigenvalue weighted by Gasteiger charge is -2.03. The summed E-state index contributed by atoms with van der Waals surface area (Å²) < 4.78 is 4.66. The number of methoxy groups -OCH3 is 1. The highest BCUT2D eigenvalue weighted by atomic mass is 35.5. The molecule has 0 aliphatic rings. The first-order valence-electron chi connectivity index (χ1n) is 4.08. The number of carbonyl (C=O) groups excluding carboxylic acids is 1. The third kappa shape index (κ3) is 1.26. The zero-order chi connectivity index (χ0) is 10.1. The maximum atomic E-state index is 11.4. The monoisotopic (exact) mass is 209 g/mol. The van der Waals surface area contributed by atoms with Crippen LogP contribution >= 0.6 is 11.6 Å². The quantitative estimate of drug-likeness (QED) is 0.734. The molecule has 14 heavy (non-hydrogen) atoms. The number of ether oxygens (including phenoxy) is 1. The van der Waals surface area contributed by atoms with Crippen molar-refractivity contribution in [2.75, 3.05) is 7.11 Å². The number of benzene rings is 1. The van der Waals surface area contributed by atoms with Crippen molar-refractivity contribution < 1.29 is 9.53 Å². The van der Waals surface area contributed by atoms with Gasteiger partial charge in [-0.1, -0.05) is 11.6 Å². The Bertz CT molecular complexity index is 490. The summed E-state index contributed by atoms with van der Waals surface area (Å²) in [4.78, 5) is 14.4. The van der Waals surface area contributed by atoms with Crippen LogP contribution in [0.25, 0.3) is 10.9 Å². The van der Waals surface area contributed by atoms with Gasteiger partial charge in [0.05, 0.1) is 17.7 Å². The second-order valence-electron chi connectivity index (χ2n) is 2.85. The topological polar surface area (TPSA) is 42.1 Å². The smallest absolute Gasteiger partial charge is 0.340 e. The number of aromatic amines is 1. The molecule has 0 unspecified atom stereocenters. The summed E-state index contributed by atoms with van der Waals surface area (Å²) in [5.41, 5.74) is 1.28. The molecule has 0 amide bonds. The summed E-state index contributed by atoms with van der Waals surface area (Å²) in [5, 5.41) is 1.19. The van der Waals surface area contributed by atoms with Crippen LogP contribution in [-0.4, -0.2) is 18.1 Å². The molecule has 1 aromatic carbocycles. The number of rotatable bonds is 1. The molecule has 3 nitrogen and oxygen atoms in total. The van der Waals surface area contributed by atoms with Gasteiger partial charge in [0.2, 0.25) is 0 Å². The van der Waals surface area contributed by atoms with E-state index in [1.165, 1.54) is 7.11 Å². The van der Waals surface area contributed by atoms with E-state index in [1.54, 1.807) is 18.3 Å². The van der Waals surface area contributed by atoms with Crippen LogP contribution in [0.3, 0.4) is 0 Å². The fourth-order valence-corrected chi connectivity index (χ4v) is 1.66. The summed E-state index contributed by atoms with van der Waals surface area (Å²) in [6.45, 7) is 0. The van der Waals surface area contributed by atoms with Crippen molar-refractivity contribution >= 4 is 28.5 Å². The Morgan fingerprint density at radius 1 is 1.43 bits per heavy atom. The van der Waals surface area contributed by atoms with E-state index in [0.717, 1.165) is 10.9 Å². The van der Waals surface area contributed by atoms with Gasteiger partial charge >= 0.3 is 5.97 Å². The lowest BCUT2D eigenvalue weighted by atomic mass is 10.1. The largest absolute Gasteiger partial charge is 0.465 e. The Kier molecular flexibility index (Phi) is 2.17. The molecule has 0 fully saturated rings. The molecular formula is C10H8ClNO2. The maximum Gasteiger partial charge on any atom is 0.340 e. The Morgan fingerprint density at radius 2 is 2.21 bits per heavy atom. The zero-order valence-corrected chi connectivity index (χ0v) is 8.26. The van der Waals surface area contributed by atoms with Crippen LogP contribution < -0.4 is 0 Å². The predicted octanol–water partition coefficient (Wildman–Crippen LogP) is 2.61. The van der Waals surface area contributed by atoms with Crippen molar-refractivity contribution in [3.8, 4) is 0 Å². The Hall–Kier alpha value is -1.48. The summed E-state index contributed by atoms with van der Waals surface area (Å²) in [6.07, 6.45) is 1.76. The van der Waals surface area contributed by atoms with E-state index in [4.69, 9.17) is 11.6 Å². The number of nitrogens with one attached hydrogen (secondary N) is 1. The molecule has 0 aliphatic heterocycles. The first kappa shape index (κ1) is 9.09. The minimum Gasteiger partial charge on any atom is -0.465 e. The third-order valence-corrected chi connectivity index (χ3v) is 2.39. The first-order chi connectivity index (χ1) is 6.74. The van der Waals surface area contributed by atoms with E-state index in [-0.39, 0.29) is 0 Å². The molecule has 2 rings (SSSR count). The van der Waals surface area contributed by atoms with Gasteiger partial charge in [0.1, 0.15) is 0 Å². The minimum atomic E-state index is -0.416. The van der Waals surface area contributed by atoms with E-state index in [2.05, 4.69) is 9.72 Å². The average Bonchev–Trinajstić information content (AvgIpc) is 2.64. The van der Waals surface area contributed by atoms with Gasteiger partial charge in [-0.15, -0.1) is 0 Å². The van der Waals surface area contributed by atoms with Gasteiger partial charge in [-0.3, -0.25) is 0 Å². The fraction of sp³-hybridized carbons (Fsp3) is 0.100. The van der Waals surface area contributed by atoms with Crippen LogP contribution in [0.4, 0.5) is 0 Å². The van der Waals surface area contributed by atoms with E-state index < -0.39 is 5.97 Å². The maximum absolute atomic E-state index is 11.4. The van der Waals surface area contributed by atoms with Crippen molar-refractivity contribution in [1.82, 2.24) is 4.98 Å². The molecule has 0 saturated heterocycles. The molecule has 72 valence electrons. The lowest BCUT2D eigenvalue weighted by Crippen LogP contribution is -2.02. The van der Waals surface area contributed by atoms with Gasteiger partial charge in [0.15, 0.2) is 0 Å². The first-order valence-corrected chi connectivity index (χ1v) is 4.45. The molecule has 0 bridgehead atoms. The molecule has 0 atom stereocenters. The molecule has 0 spiro atoms. The Morgan fingerprint density at radius 3 is 2.93 bits per heavy atom. The number of H-pyrrole nitrogens is 1. The number of hydrogen-bond acceptors (Lipinski definition) is 2. The van der Waals surface area contributed by atoms with E-state index >= 15 is 0 Å². The fourth-order valence-electron chi connectivity index (χ4n) is 1.42. The predicted molar refractivity (Wildman–Crippen MR) is 54.6 cm³/mol. The van der Waals surface area contributed by atoms with Gasteiger partial charge in [-0.2, -0.15) is 0 Å². The van der Waals surface area contributed by atoms with Gasteiger partial charge in [0, 0.05) is 17.1 Å². The van der Waals surface area contributed by atoms with Crippen molar-refractivity contribution in [3.63, 3.8) is 0 Å². The Labute approximate surface area is 85.6 Å². The molecule has 2 aromatic rings. The second-order valence-corrected chi connectivity index (χ2v) is 3.26. The number of carbonyl (C=O) groups is 1. The van der Waals surface area contributed by atoms with Crippen LogP contribution in [0.2, 0.25) is 5.02 Å². The molecule has 1 heterocycles. The van der Waals surface area contributed by atoms with Crippen molar-refractivity contribution in [3.05, 3.63) is 35.0 Å². The van der Waals surface area contributed by atoms with Gasteiger partial charge < -0.3 is 9.72 Å². The molecule has 1 aromatic heterocycles. The molecule has 0 aliphatic carbocycles. The van der Waals surface area contributed by atoms with Gasteiger partial charge in [-0.05, 0) is 18.2 Å². The molecule has 1 N–H and O–H groups in total. The van der Waals surface area contributed by atoms with Crippen molar-refractivity contribution in [1.29, 1.82) is 0 Å². The summed E-state index contributed by atoms with van der Waals surface area (Å²) in [5.74, 6) is -0.416. The average molecular weight is 210 g/mol. The third-order valence-electron chi connectivity index (χ3n) is 2.07. The standard InChI is InChI=1S/C10H8ClNO2/c1-14-10(13)9-6-4-5-12-8(6)3-2-7(9)11/h2-5,12H,1H3. The summed E-state index contributed by atoms with van der Waals surface area (Å²) in [6, 6.07) is 5.30. The van der Waals surface area contributed by atoms with Crippen LogP contribution in [0, 0.1) is 0 Å². The summed E-state index contributed by atoms with van der Waals surface area (Å²) in [7, 11) is 1.34. The summed E-state index contributed by atoms with van der Waals surface area (Å²) >= 11 is 5.92. The second kappa shape index (κ2) is 3.35. The van der Waals surface area contributed by atoms with Gasteiger partial charge in [-0.25, -0.2) is 4.79 Å². The van der Waals surface area contributed by atoms with E-state index in [9.17, 15) is 4.79 Å². The highest BCUT2D eigenvalue weighted by Gasteiger charge is 2.14. The van der Waals surface area contributed by atoms with E-state index in [1.807, 2.05) is 6.07 Å². The van der Waals surface area contributed by atoms with Crippen LogP contribution in [-0.2, 0) is 4.74 Å². The number of aromatic nitrogens is 1. The molecule has 0 saturated carbocycles. The zero-order valence-electron chi connectivity index (χ0n) is 7.50. The number of halogens is 1. The van der Waals surface area contributed by atoms with Crippen LogP contribution in [0.1, 0.15) is 10.4 Å². The van der Waals surface area contributed by atoms with Gasteiger partial charge in [0.25, 0.3) is 0 Å². The molecule has 0 radical (unpaired) electrons. The highest BCUT2D eigenvalue weighted by molar-refractivity contribution is 6.35. The number of fused-ring (bicyclic) bond motifs is 1. The van der Waals surface area contributed by atoms with E-state index in [0.29, 0.717) is 10.6 Å². The van der Waals surface area contributed by atoms with Crippen molar-refractivity contribution in [2.45, 2.75) is 0 Å². The van der Waals surface area contributed by atoms with Crippen LogP contribution in [0.15, 0.2) is 24.4 Å². The number of esters is 1. The lowest BCUT2D eigenvalue weighted by molar-refractivity contribution is 0.0603. The molecule has 4 heteroatoms. The normalized spacial score (nSPS) is 10.4.